The van der Waals surface area contributed by atoms with Gasteiger partial charge in [-0.1, -0.05) is 93.9 Å². The molecule has 0 aromatic heterocycles. The van der Waals surface area contributed by atoms with E-state index in [0.717, 1.165) is 6.42 Å². The fourth-order valence-corrected chi connectivity index (χ4v) is 2.42. The lowest BCUT2D eigenvalue weighted by atomic mass is 9.96. The fraction of sp³-hybridized carbons (Fsp3) is 0.333. The van der Waals surface area contributed by atoms with Crippen LogP contribution in [0.15, 0.2) is 66.7 Å². The predicted molar refractivity (Wildman–Crippen MR) is 93.3 cm³/mol. The summed E-state index contributed by atoms with van der Waals surface area (Å²) in [5, 5.41) is 0. The van der Waals surface area contributed by atoms with Crippen LogP contribution in [0.2, 0.25) is 0 Å². The molecule has 0 saturated carbocycles. The van der Waals surface area contributed by atoms with Crippen molar-refractivity contribution in [1.29, 1.82) is 0 Å². The second-order valence-electron chi connectivity index (χ2n) is 6.01. The third kappa shape index (κ3) is 4.90. The molecular formula is C21H26. The summed E-state index contributed by atoms with van der Waals surface area (Å²) in [5.41, 5.74) is 3.99. The minimum absolute atomic E-state index is 0.599. The summed E-state index contributed by atoms with van der Waals surface area (Å²) in [6, 6.07) is 19.5. The maximum Gasteiger partial charge on any atom is -0.0184 e. The molecule has 0 aliphatic rings. The van der Waals surface area contributed by atoms with Gasteiger partial charge in [0.1, 0.15) is 0 Å². The van der Waals surface area contributed by atoms with Gasteiger partial charge in [-0.05, 0) is 34.9 Å². The third-order valence-corrected chi connectivity index (χ3v) is 4.03. The second kappa shape index (κ2) is 7.83. The smallest absolute Gasteiger partial charge is 0.0184 e. The molecule has 0 fully saturated rings. The van der Waals surface area contributed by atoms with Crippen molar-refractivity contribution in [3.63, 3.8) is 0 Å². The summed E-state index contributed by atoms with van der Waals surface area (Å²) in [4.78, 5) is 0. The molecule has 0 aliphatic heterocycles. The van der Waals surface area contributed by atoms with Gasteiger partial charge in [0.15, 0.2) is 0 Å². The van der Waals surface area contributed by atoms with Crippen LogP contribution in [0.3, 0.4) is 0 Å². The van der Waals surface area contributed by atoms with Gasteiger partial charge in [0.05, 0.1) is 0 Å². The Morgan fingerprint density at radius 2 is 1.33 bits per heavy atom. The average Bonchev–Trinajstić information content (AvgIpc) is 2.54. The van der Waals surface area contributed by atoms with Crippen molar-refractivity contribution in [3.05, 3.63) is 72.3 Å². The number of allylic oxidation sites excluding steroid dienone is 2. The molecule has 2 aromatic carbocycles. The van der Waals surface area contributed by atoms with Gasteiger partial charge in [-0.3, -0.25) is 0 Å². The largest absolute Gasteiger partial charge is 0.0854 e. The molecule has 0 N–H and O–H groups in total. The summed E-state index contributed by atoms with van der Waals surface area (Å²) in [6.45, 7) is 6.81. The van der Waals surface area contributed by atoms with Crippen LogP contribution >= 0.6 is 0 Å². The highest BCUT2D eigenvalue weighted by Crippen LogP contribution is 2.20. The highest BCUT2D eigenvalue weighted by molar-refractivity contribution is 5.63. The van der Waals surface area contributed by atoms with Gasteiger partial charge in [-0.25, -0.2) is 0 Å². The van der Waals surface area contributed by atoms with Crippen molar-refractivity contribution in [2.75, 3.05) is 0 Å². The molecule has 0 heterocycles. The summed E-state index contributed by atoms with van der Waals surface area (Å²) in [5.74, 6) is 1.29. The molecule has 2 atom stereocenters. The first-order valence-electron chi connectivity index (χ1n) is 8.01. The molecule has 0 aliphatic carbocycles. The first-order chi connectivity index (χ1) is 10.2. The molecule has 1 unspecified atom stereocenters. The topological polar surface area (TPSA) is 0 Å². The summed E-state index contributed by atoms with van der Waals surface area (Å²) in [7, 11) is 0. The van der Waals surface area contributed by atoms with E-state index in [9.17, 15) is 0 Å². The van der Waals surface area contributed by atoms with Gasteiger partial charge >= 0.3 is 0 Å². The molecular weight excluding hydrogens is 252 g/mol. The van der Waals surface area contributed by atoms with Gasteiger partial charge in [0, 0.05) is 0 Å². The zero-order valence-corrected chi connectivity index (χ0v) is 13.4. The van der Waals surface area contributed by atoms with E-state index in [2.05, 4.69) is 87.5 Å². The van der Waals surface area contributed by atoms with Crippen LogP contribution in [0.5, 0.6) is 0 Å². The predicted octanol–water partition coefficient (Wildman–Crippen LogP) is 6.13. The third-order valence-electron chi connectivity index (χ3n) is 4.03. The zero-order chi connectivity index (χ0) is 15.1. The van der Waals surface area contributed by atoms with E-state index in [1.165, 1.54) is 23.1 Å². The number of rotatable bonds is 6. The zero-order valence-electron chi connectivity index (χ0n) is 13.4. The molecule has 0 nitrogen and oxygen atoms in total. The molecule has 0 heteroatoms. The monoisotopic (exact) mass is 278 g/mol. The van der Waals surface area contributed by atoms with Gasteiger partial charge in [-0.15, -0.1) is 0 Å². The number of hydrogen-bond donors (Lipinski definition) is 0. The summed E-state index contributed by atoms with van der Waals surface area (Å²) >= 11 is 0. The van der Waals surface area contributed by atoms with Crippen LogP contribution in [0.4, 0.5) is 0 Å². The normalized spacial score (nSPS) is 14.2. The van der Waals surface area contributed by atoms with Crippen LogP contribution in [0, 0.1) is 11.8 Å². The molecule has 0 spiro atoms. The second-order valence-corrected chi connectivity index (χ2v) is 6.01. The Balaban J connectivity index is 1.98. The van der Waals surface area contributed by atoms with E-state index < -0.39 is 0 Å². The molecule has 2 rings (SSSR count). The van der Waals surface area contributed by atoms with Gasteiger partial charge in [-0.2, -0.15) is 0 Å². The average molecular weight is 278 g/mol. The highest BCUT2D eigenvalue weighted by atomic mass is 14.1. The van der Waals surface area contributed by atoms with Crippen LogP contribution in [-0.4, -0.2) is 0 Å². The molecule has 2 aromatic rings. The van der Waals surface area contributed by atoms with Crippen molar-refractivity contribution in [1.82, 2.24) is 0 Å². The van der Waals surface area contributed by atoms with E-state index in [0.29, 0.717) is 11.8 Å². The standard InChI is InChI=1S/C21H26/c1-4-17(2)10-11-18(3)16-19-12-14-21(15-13-19)20-8-6-5-7-9-20/h5-15,17-18H,4,16H2,1-3H3/b11-10-/t17-,18?/m1/s1. The Hall–Kier alpha value is -1.82. The number of benzene rings is 2. The lowest BCUT2D eigenvalue weighted by Crippen LogP contribution is -1.97. The van der Waals surface area contributed by atoms with Gasteiger partial charge in [0.2, 0.25) is 0 Å². The molecule has 0 bridgehead atoms. The van der Waals surface area contributed by atoms with E-state index >= 15 is 0 Å². The highest BCUT2D eigenvalue weighted by Gasteiger charge is 2.02. The summed E-state index contributed by atoms with van der Waals surface area (Å²) in [6.07, 6.45) is 7.04. The lowest BCUT2D eigenvalue weighted by Gasteiger charge is -2.09. The molecule has 21 heavy (non-hydrogen) atoms. The fourth-order valence-electron chi connectivity index (χ4n) is 2.42. The van der Waals surface area contributed by atoms with Crippen LogP contribution in [-0.2, 0) is 6.42 Å². The molecule has 0 radical (unpaired) electrons. The van der Waals surface area contributed by atoms with E-state index in [1.807, 2.05) is 0 Å². The van der Waals surface area contributed by atoms with Gasteiger partial charge < -0.3 is 0 Å². The SMILES string of the molecule is CC[C@@H](C)/C=C\C(C)Cc1ccc(-c2ccccc2)cc1. The minimum Gasteiger partial charge on any atom is -0.0854 e. The van der Waals surface area contributed by atoms with Crippen molar-refractivity contribution < 1.29 is 0 Å². The van der Waals surface area contributed by atoms with Crippen molar-refractivity contribution >= 4 is 0 Å². The minimum atomic E-state index is 0.599. The Morgan fingerprint density at radius 3 is 1.95 bits per heavy atom. The lowest BCUT2D eigenvalue weighted by molar-refractivity contribution is 0.669. The van der Waals surface area contributed by atoms with Crippen LogP contribution < -0.4 is 0 Å². The van der Waals surface area contributed by atoms with Crippen molar-refractivity contribution in [2.45, 2.75) is 33.6 Å². The Kier molecular flexibility index (Phi) is 5.80. The summed E-state index contributed by atoms with van der Waals surface area (Å²) < 4.78 is 0. The molecule has 0 amide bonds. The van der Waals surface area contributed by atoms with E-state index in [4.69, 9.17) is 0 Å². The quantitative estimate of drug-likeness (QED) is 0.557. The first-order valence-corrected chi connectivity index (χ1v) is 8.01. The van der Waals surface area contributed by atoms with Crippen molar-refractivity contribution in [2.24, 2.45) is 11.8 Å². The van der Waals surface area contributed by atoms with Gasteiger partial charge in [0.25, 0.3) is 0 Å². The number of hydrogen-bond acceptors (Lipinski definition) is 0. The van der Waals surface area contributed by atoms with E-state index in [-0.39, 0.29) is 0 Å². The Morgan fingerprint density at radius 1 is 0.762 bits per heavy atom. The molecule has 0 saturated heterocycles. The van der Waals surface area contributed by atoms with E-state index in [1.54, 1.807) is 0 Å². The molecule has 110 valence electrons. The maximum atomic E-state index is 2.36. The van der Waals surface area contributed by atoms with Crippen LogP contribution in [0.1, 0.15) is 32.8 Å². The maximum absolute atomic E-state index is 2.36. The van der Waals surface area contributed by atoms with Crippen molar-refractivity contribution in [3.8, 4) is 11.1 Å². The van der Waals surface area contributed by atoms with Crippen LogP contribution in [0.25, 0.3) is 11.1 Å². The Bertz CT molecular complexity index is 548. The Labute approximate surface area is 129 Å². The first kappa shape index (κ1) is 15.6.